The van der Waals surface area contributed by atoms with E-state index >= 15 is 0 Å². The van der Waals surface area contributed by atoms with Crippen molar-refractivity contribution in [1.82, 2.24) is 5.32 Å². The minimum atomic E-state index is -0.662. The summed E-state index contributed by atoms with van der Waals surface area (Å²) in [5.41, 5.74) is 0. The number of carbonyl (C=O) groups excluding carboxylic acids is 2. The van der Waals surface area contributed by atoms with Crippen molar-refractivity contribution in [3.63, 3.8) is 0 Å². The monoisotopic (exact) mass is 1210 g/mol. The molecular weight excluding hydrogens is 1050 g/mol. The first-order valence-electron chi connectivity index (χ1n) is 40.3. The van der Waals surface area contributed by atoms with Gasteiger partial charge in [0, 0.05) is 12.8 Å². The van der Waals surface area contributed by atoms with E-state index < -0.39 is 12.1 Å². The lowest BCUT2D eigenvalue weighted by Crippen LogP contribution is -2.45. The fourth-order valence-electron chi connectivity index (χ4n) is 13.3. The molecule has 0 bridgehead atoms. The fraction of sp³-hybridized carbons (Fsp3) is 0.975. The number of aliphatic hydroxyl groups excluding tert-OH is 2. The van der Waals surface area contributed by atoms with Gasteiger partial charge in [0.15, 0.2) is 0 Å². The van der Waals surface area contributed by atoms with Gasteiger partial charge < -0.3 is 20.3 Å². The number of rotatable bonds is 77. The van der Waals surface area contributed by atoms with Gasteiger partial charge in [-0.05, 0) is 25.7 Å². The summed E-state index contributed by atoms with van der Waals surface area (Å²) in [6.45, 7) is 5.02. The van der Waals surface area contributed by atoms with Gasteiger partial charge in [-0.25, -0.2) is 0 Å². The summed E-state index contributed by atoms with van der Waals surface area (Å²) in [7, 11) is 0. The van der Waals surface area contributed by atoms with E-state index in [1.54, 1.807) is 0 Å². The molecule has 0 radical (unpaired) electrons. The average Bonchev–Trinajstić information content (AvgIpc) is 3.58. The summed E-state index contributed by atoms with van der Waals surface area (Å²) in [4.78, 5) is 24.7. The zero-order valence-corrected chi connectivity index (χ0v) is 59.1. The topological polar surface area (TPSA) is 95.9 Å². The van der Waals surface area contributed by atoms with E-state index in [0.717, 1.165) is 38.5 Å². The van der Waals surface area contributed by atoms with E-state index in [9.17, 15) is 19.8 Å². The third kappa shape index (κ3) is 71.9. The lowest BCUT2D eigenvalue weighted by atomic mass is 10.0. The van der Waals surface area contributed by atoms with Gasteiger partial charge in [-0.1, -0.05) is 438 Å². The maximum absolute atomic E-state index is 12.6. The number of hydrogen-bond donors (Lipinski definition) is 3. The first-order valence-corrected chi connectivity index (χ1v) is 40.3. The zero-order valence-electron chi connectivity index (χ0n) is 59.1. The van der Waals surface area contributed by atoms with Crippen LogP contribution in [0.1, 0.15) is 476 Å². The molecule has 3 N–H and O–H groups in total. The van der Waals surface area contributed by atoms with E-state index in [4.69, 9.17) is 4.74 Å². The van der Waals surface area contributed by atoms with Crippen LogP contribution in [0.5, 0.6) is 0 Å². The average molecular weight is 1220 g/mol. The molecule has 6 heteroatoms. The molecule has 0 spiro atoms. The Morgan fingerprint density at radius 2 is 0.477 bits per heavy atom. The molecule has 2 unspecified atom stereocenters. The molecule has 0 saturated heterocycles. The van der Waals surface area contributed by atoms with Crippen LogP contribution in [-0.4, -0.2) is 47.4 Å². The molecule has 6 nitrogen and oxygen atoms in total. The number of ether oxygens (including phenoxy) is 1. The van der Waals surface area contributed by atoms with Gasteiger partial charge >= 0.3 is 5.97 Å². The minimum Gasteiger partial charge on any atom is -0.466 e. The first-order chi connectivity index (χ1) is 42.5. The van der Waals surface area contributed by atoms with E-state index in [1.165, 1.54) is 405 Å². The molecule has 0 aromatic heterocycles. The molecule has 0 aliphatic carbocycles. The maximum Gasteiger partial charge on any atom is 0.305 e. The van der Waals surface area contributed by atoms with Crippen molar-refractivity contribution in [2.75, 3.05) is 13.2 Å². The lowest BCUT2D eigenvalue weighted by Gasteiger charge is -2.22. The Balaban J connectivity index is 3.33. The molecule has 2 atom stereocenters. The second-order valence-corrected chi connectivity index (χ2v) is 28.1. The number of carbonyl (C=O) groups is 2. The largest absolute Gasteiger partial charge is 0.466 e. The molecule has 0 rings (SSSR count). The molecule has 0 aromatic carbocycles. The van der Waals surface area contributed by atoms with E-state index in [1.807, 2.05) is 0 Å². The summed E-state index contributed by atoms with van der Waals surface area (Å²) >= 11 is 0. The second kappa shape index (κ2) is 76.3. The van der Waals surface area contributed by atoms with E-state index in [-0.39, 0.29) is 18.5 Å². The minimum absolute atomic E-state index is 0.0240. The highest BCUT2D eigenvalue weighted by atomic mass is 16.5. The summed E-state index contributed by atoms with van der Waals surface area (Å²) in [6.07, 6.45) is 94.9. The van der Waals surface area contributed by atoms with Gasteiger partial charge in [0.1, 0.15) is 0 Å². The van der Waals surface area contributed by atoms with Crippen molar-refractivity contribution < 1.29 is 24.5 Å². The highest BCUT2D eigenvalue weighted by Gasteiger charge is 2.20. The first kappa shape index (κ1) is 84.9. The SMILES string of the molecule is CCCCCCCCCCCCCCCCCCCCCCCCCCCC(O)C(CO)NC(=O)CCCCCCCCCCCCCCCCCCCCCCCCCCCCCCCCOC(=O)CCCCCCCCCCCCCCCC. The molecule has 514 valence electrons. The molecule has 0 aliphatic heterocycles. The Bertz CT molecular complexity index is 1260. The van der Waals surface area contributed by atoms with E-state index in [0.29, 0.717) is 25.9 Å². The van der Waals surface area contributed by atoms with Crippen LogP contribution in [0, 0.1) is 0 Å². The summed E-state index contributed by atoms with van der Waals surface area (Å²) < 4.78 is 5.50. The van der Waals surface area contributed by atoms with Crippen molar-refractivity contribution in [3.8, 4) is 0 Å². The highest BCUT2D eigenvalue weighted by molar-refractivity contribution is 5.76. The fourth-order valence-corrected chi connectivity index (χ4v) is 13.3. The molecule has 0 heterocycles. The van der Waals surface area contributed by atoms with Gasteiger partial charge in [0.25, 0.3) is 0 Å². The van der Waals surface area contributed by atoms with Gasteiger partial charge in [-0.2, -0.15) is 0 Å². The lowest BCUT2D eigenvalue weighted by molar-refractivity contribution is -0.143. The van der Waals surface area contributed by atoms with Crippen molar-refractivity contribution in [1.29, 1.82) is 0 Å². The van der Waals surface area contributed by atoms with Crippen LogP contribution >= 0.6 is 0 Å². The molecule has 0 fully saturated rings. The molecule has 0 saturated carbocycles. The standard InChI is InChI=1S/C80H159NO5/c1-3-5-7-9-11-13-15-17-19-20-21-22-23-30-33-36-39-42-45-48-52-56-60-64-68-72-78(83)77(76-82)81-79(84)73-69-65-61-57-53-49-46-43-40-37-34-31-28-26-24-25-27-29-32-35-38-41-44-47-51-55-59-63-67-71-75-86-80(85)74-70-66-62-58-54-50-18-16-14-12-10-8-6-4-2/h77-78,82-83H,3-76H2,1-2H3,(H,81,84). The Kier molecular flexibility index (Phi) is 75.3. The Labute approximate surface area is 540 Å². The smallest absolute Gasteiger partial charge is 0.305 e. The number of nitrogens with one attached hydrogen (secondary N) is 1. The van der Waals surface area contributed by atoms with Gasteiger partial charge in [0.2, 0.25) is 5.91 Å². The van der Waals surface area contributed by atoms with Crippen LogP contribution in [0.15, 0.2) is 0 Å². The summed E-state index contributed by atoms with van der Waals surface area (Å²) in [5.74, 6) is -0.000195. The molecular formula is C80H159NO5. The van der Waals surface area contributed by atoms with Crippen LogP contribution < -0.4 is 5.32 Å². The number of aliphatic hydroxyl groups is 2. The Morgan fingerprint density at radius 3 is 0.709 bits per heavy atom. The molecule has 0 aliphatic rings. The number of hydrogen-bond acceptors (Lipinski definition) is 5. The third-order valence-corrected chi connectivity index (χ3v) is 19.4. The van der Waals surface area contributed by atoms with Crippen LogP contribution in [0.3, 0.4) is 0 Å². The highest BCUT2D eigenvalue weighted by Crippen LogP contribution is 2.21. The normalized spacial score (nSPS) is 12.4. The second-order valence-electron chi connectivity index (χ2n) is 28.1. The Hall–Kier alpha value is -1.14. The summed E-state index contributed by atoms with van der Waals surface area (Å²) in [5, 5.41) is 23.5. The quantitative estimate of drug-likeness (QED) is 0.0417. The van der Waals surface area contributed by atoms with Gasteiger partial charge in [0.05, 0.1) is 25.4 Å². The van der Waals surface area contributed by atoms with Crippen molar-refractivity contribution in [3.05, 3.63) is 0 Å². The molecule has 0 aromatic rings. The predicted octanol–water partition coefficient (Wildman–Crippen LogP) is 26.5. The van der Waals surface area contributed by atoms with Crippen molar-refractivity contribution in [2.24, 2.45) is 0 Å². The molecule has 1 amide bonds. The number of unbranched alkanes of at least 4 members (excludes halogenated alkanes) is 66. The van der Waals surface area contributed by atoms with Crippen LogP contribution in [0.4, 0.5) is 0 Å². The van der Waals surface area contributed by atoms with E-state index in [2.05, 4.69) is 19.2 Å². The number of amides is 1. The van der Waals surface area contributed by atoms with Gasteiger partial charge in [-0.3, -0.25) is 9.59 Å². The molecule has 86 heavy (non-hydrogen) atoms. The van der Waals surface area contributed by atoms with Crippen LogP contribution in [-0.2, 0) is 14.3 Å². The third-order valence-electron chi connectivity index (χ3n) is 19.4. The Morgan fingerprint density at radius 1 is 0.279 bits per heavy atom. The number of esters is 1. The van der Waals surface area contributed by atoms with Crippen LogP contribution in [0.2, 0.25) is 0 Å². The zero-order chi connectivity index (χ0) is 62.0. The van der Waals surface area contributed by atoms with Gasteiger partial charge in [-0.15, -0.1) is 0 Å². The van der Waals surface area contributed by atoms with Crippen molar-refractivity contribution >= 4 is 11.9 Å². The summed E-state index contributed by atoms with van der Waals surface area (Å²) in [6, 6.07) is -0.539. The maximum atomic E-state index is 12.6. The predicted molar refractivity (Wildman–Crippen MR) is 380 cm³/mol. The van der Waals surface area contributed by atoms with Crippen LogP contribution in [0.25, 0.3) is 0 Å². The van der Waals surface area contributed by atoms with Crippen molar-refractivity contribution in [2.45, 2.75) is 488 Å².